The van der Waals surface area contributed by atoms with E-state index in [-0.39, 0.29) is 6.04 Å². The molecular weight excluding hydrogens is 316 g/mol. The number of guanidine groups is 1. The number of aryl methyl sites for hydroxylation is 1. The first-order chi connectivity index (χ1) is 12.0. The zero-order valence-electron chi connectivity index (χ0n) is 15.7. The van der Waals surface area contributed by atoms with Gasteiger partial charge >= 0.3 is 0 Å². The van der Waals surface area contributed by atoms with Crippen molar-refractivity contribution in [2.24, 2.45) is 12.0 Å². The van der Waals surface area contributed by atoms with Crippen molar-refractivity contribution in [2.75, 3.05) is 34.8 Å². The Morgan fingerprint density at radius 1 is 1.24 bits per heavy atom. The van der Waals surface area contributed by atoms with Crippen molar-refractivity contribution in [3.05, 3.63) is 47.8 Å². The number of benzene rings is 1. The molecule has 0 saturated heterocycles. The number of hydrogen-bond donors (Lipinski definition) is 2. The van der Waals surface area contributed by atoms with Crippen LogP contribution in [0.3, 0.4) is 0 Å². The molecule has 0 radical (unpaired) electrons. The maximum Gasteiger partial charge on any atom is 0.191 e. The second-order valence-electron chi connectivity index (χ2n) is 6.01. The van der Waals surface area contributed by atoms with E-state index in [2.05, 4.69) is 51.9 Å². The fraction of sp³-hybridized carbons (Fsp3) is 0.444. The molecular formula is C18H28N6O. The third kappa shape index (κ3) is 5.22. The van der Waals surface area contributed by atoms with Crippen LogP contribution in [-0.4, -0.2) is 55.4 Å². The van der Waals surface area contributed by atoms with Crippen LogP contribution in [0.25, 0.3) is 0 Å². The molecule has 0 aliphatic rings. The number of hydrogen-bond acceptors (Lipinski definition) is 4. The SMILES string of the molecule is CN=C(NCc1ccnn1C)NCC(c1ccc(OC)cc1)N(C)C. The number of likely N-dealkylation sites (N-methyl/N-ethyl adjacent to an activating group) is 1. The van der Waals surface area contributed by atoms with E-state index in [9.17, 15) is 0 Å². The van der Waals surface area contributed by atoms with Gasteiger partial charge in [-0.1, -0.05) is 12.1 Å². The van der Waals surface area contributed by atoms with Crippen LogP contribution in [0, 0.1) is 0 Å². The third-order valence-corrected chi connectivity index (χ3v) is 4.17. The molecule has 1 aromatic carbocycles. The summed E-state index contributed by atoms with van der Waals surface area (Å²) >= 11 is 0. The van der Waals surface area contributed by atoms with Crippen LogP contribution < -0.4 is 15.4 Å². The van der Waals surface area contributed by atoms with Crippen molar-refractivity contribution >= 4 is 5.96 Å². The summed E-state index contributed by atoms with van der Waals surface area (Å²) < 4.78 is 7.08. The summed E-state index contributed by atoms with van der Waals surface area (Å²) in [6.07, 6.45) is 1.79. The van der Waals surface area contributed by atoms with E-state index in [1.54, 1.807) is 20.4 Å². The van der Waals surface area contributed by atoms with Gasteiger partial charge in [-0.15, -0.1) is 0 Å². The monoisotopic (exact) mass is 344 g/mol. The number of aromatic nitrogens is 2. The van der Waals surface area contributed by atoms with Gasteiger partial charge in [0.05, 0.1) is 25.4 Å². The Kier molecular flexibility index (Phi) is 6.82. The van der Waals surface area contributed by atoms with Crippen LogP contribution in [0.1, 0.15) is 17.3 Å². The molecule has 1 heterocycles. The van der Waals surface area contributed by atoms with Gasteiger partial charge < -0.3 is 20.3 Å². The summed E-state index contributed by atoms with van der Waals surface area (Å²) in [7, 11) is 9.53. The number of nitrogens with one attached hydrogen (secondary N) is 2. The lowest BCUT2D eigenvalue weighted by Gasteiger charge is -2.26. The third-order valence-electron chi connectivity index (χ3n) is 4.17. The van der Waals surface area contributed by atoms with Gasteiger partial charge in [0.15, 0.2) is 5.96 Å². The topological polar surface area (TPSA) is 66.7 Å². The molecule has 0 amide bonds. The number of nitrogens with zero attached hydrogens (tertiary/aromatic N) is 4. The minimum Gasteiger partial charge on any atom is -0.497 e. The number of rotatable bonds is 7. The van der Waals surface area contributed by atoms with E-state index in [1.165, 1.54) is 5.56 Å². The fourth-order valence-electron chi connectivity index (χ4n) is 2.59. The van der Waals surface area contributed by atoms with E-state index in [1.807, 2.05) is 29.9 Å². The van der Waals surface area contributed by atoms with E-state index in [4.69, 9.17) is 4.74 Å². The molecule has 0 bridgehead atoms. The highest BCUT2D eigenvalue weighted by Crippen LogP contribution is 2.20. The van der Waals surface area contributed by atoms with Gasteiger partial charge in [-0.25, -0.2) is 0 Å². The highest BCUT2D eigenvalue weighted by Gasteiger charge is 2.15. The van der Waals surface area contributed by atoms with Gasteiger partial charge in [0.25, 0.3) is 0 Å². The lowest BCUT2D eigenvalue weighted by atomic mass is 10.1. The predicted molar refractivity (Wildman–Crippen MR) is 101 cm³/mol. The molecule has 136 valence electrons. The molecule has 7 nitrogen and oxygen atoms in total. The van der Waals surface area contributed by atoms with Crippen LogP contribution in [0.15, 0.2) is 41.5 Å². The lowest BCUT2D eigenvalue weighted by molar-refractivity contribution is 0.298. The van der Waals surface area contributed by atoms with Gasteiger partial charge in [-0.2, -0.15) is 5.10 Å². The maximum atomic E-state index is 5.24. The molecule has 0 saturated carbocycles. The van der Waals surface area contributed by atoms with E-state index in [0.29, 0.717) is 6.54 Å². The Morgan fingerprint density at radius 2 is 1.96 bits per heavy atom. The number of methoxy groups -OCH3 is 1. The first-order valence-electron chi connectivity index (χ1n) is 8.27. The van der Waals surface area contributed by atoms with Crippen LogP contribution in [-0.2, 0) is 13.6 Å². The van der Waals surface area contributed by atoms with Crippen molar-refractivity contribution < 1.29 is 4.74 Å². The normalized spacial score (nSPS) is 13.0. The largest absolute Gasteiger partial charge is 0.497 e. The van der Waals surface area contributed by atoms with Gasteiger partial charge in [-0.05, 0) is 37.9 Å². The van der Waals surface area contributed by atoms with Crippen LogP contribution in [0.2, 0.25) is 0 Å². The van der Waals surface area contributed by atoms with Crippen molar-refractivity contribution in [1.82, 2.24) is 25.3 Å². The standard InChI is InChI=1S/C18H28N6O/c1-19-18(20-12-15-10-11-22-24(15)4)21-13-17(23(2)3)14-6-8-16(25-5)9-7-14/h6-11,17H,12-13H2,1-5H3,(H2,19,20,21). The lowest BCUT2D eigenvalue weighted by Crippen LogP contribution is -2.41. The smallest absolute Gasteiger partial charge is 0.191 e. The Hall–Kier alpha value is -2.54. The summed E-state index contributed by atoms with van der Waals surface area (Å²) in [6.45, 7) is 1.41. The van der Waals surface area contributed by atoms with Crippen molar-refractivity contribution in [3.63, 3.8) is 0 Å². The summed E-state index contributed by atoms with van der Waals surface area (Å²) in [5, 5.41) is 10.9. The fourth-order valence-corrected chi connectivity index (χ4v) is 2.59. The van der Waals surface area contributed by atoms with E-state index >= 15 is 0 Å². The Bertz CT molecular complexity index is 677. The quantitative estimate of drug-likeness (QED) is 0.587. The molecule has 2 aromatic rings. The summed E-state index contributed by atoms with van der Waals surface area (Å²) in [6, 6.07) is 10.4. The molecule has 1 unspecified atom stereocenters. The summed E-state index contributed by atoms with van der Waals surface area (Å²) in [4.78, 5) is 6.48. The molecule has 0 fully saturated rings. The van der Waals surface area contributed by atoms with Gasteiger partial charge in [-0.3, -0.25) is 9.67 Å². The number of ether oxygens (including phenoxy) is 1. The molecule has 0 aliphatic carbocycles. The predicted octanol–water partition coefficient (Wildman–Crippen LogP) is 1.40. The highest BCUT2D eigenvalue weighted by atomic mass is 16.5. The Morgan fingerprint density at radius 3 is 2.48 bits per heavy atom. The molecule has 0 aliphatic heterocycles. The van der Waals surface area contributed by atoms with Crippen LogP contribution >= 0.6 is 0 Å². The molecule has 7 heteroatoms. The molecule has 1 atom stereocenters. The minimum atomic E-state index is 0.223. The maximum absolute atomic E-state index is 5.24. The van der Waals surface area contributed by atoms with Crippen LogP contribution in [0.4, 0.5) is 0 Å². The average Bonchev–Trinajstić information content (AvgIpc) is 3.03. The van der Waals surface area contributed by atoms with Crippen LogP contribution in [0.5, 0.6) is 5.75 Å². The first-order valence-corrected chi connectivity index (χ1v) is 8.27. The van der Waals surface area contributed by atoms with Gasteiger partial charge in [0.2, 0.25) is 0 Å². The van der Waals surface area contributed by atoms with Gasteiger partial charge in [0, 0.05) is 26.8 Å². The minimum absolute atomic E-state index is 0.223. The number of aliphatic imine (C=N–C) groups is 1. The summed E-state index contributed by atoms with van der Waals surface area (Å²) in [5.74, 6) is 1.63. The van der Waals surface area contributed by atoms with Crippen molar-refractivity contribution in [3.8, 4) is 5.75 Å². The molecule has 25 heavy (non-hydrogen) atoms. The molecule has 2 rings (SSSR count). The average molecular weight is 344 g/mol. The van der Waals surface area contributed by atoms with Gasteiger partial charge in [0.1, 0.15) is 5.75 Å². The van der Waals surface area contributed by atoms with E-state index < -0.39 is 0 Å². The summed E-state index contributed by atoms with van der Waals surface area (Å²) in [5.41, 5.74) is 2.32. The second-order valence-corrected chi connectivity index (χ2v) is 6.01. The Balaban J connectivity index is 1.95. The molecule has 1 aromatic heterocycles. The first kappa shape index (κ1) is 18.8. The molecule has 0 spiro atoms. The second kappa shape index (κ2) is 9.08. The zero-order chi connectivity index (χ0) is 18.2. The van der Waals surface area contributed by atoms with E-state index in [0.717, 1.165) is 23.9 Å². The Labute approximate surface area is 149 Å². The zero-order valence-corrected chi connectivity index (χ0v) is 15.7. The molecule has 2 N–H and O–H groups in total. The highest BCUT2D eigenvalue weighted by molar-refractivity contribution is 5.79. The van der Waals surface area contributed by atoms with Crippen molar-refractivity contribution in [1.29, 1.82) is 0 Å². The van der Waals surface area contributed by atoms with Crippen molar-refractivity contribution in [2.45, 2.75) is 12.6 Å².